The molecule has 0 spiro atoms. The molecule has 1 amide bonds. The van der Waals surface area contributed by atoms with E-state index in [1.54, 1.807) is 0 Å². The maximum atomic E-state index is 11.8. The van der Waals surface area contributed by atoms with Crippen LogP contribution in [0.2, 0.25) is 0 Å². The van der Waals surface area contributed by atoms with E-state index in [9.17, 15) is 14.4 Å². The van der Waals surface area contributed by atoms with Crippen molar-refractivity contribution in [3.63, 3.8) is 0 Å². The van der Waals surface area contributed by atoms with Crippen LogP contribution in [0, 0.1) is 5.92 Å². The Morgan fingerprint density at radius 3 is 2.53 bits per heavy atom. The highest BCUT2D eigenvalue weighted by Gasteiger charge is 2.52. The Hall–Kier alpha value is -1.59. The third-order valence-corrected chi connectivity index (χ3v) is 3.56. The number of carbonyl (C=O) groups is 3. The summed E-state index contributed by atoms with van der Waals surface area (Å²) in [4.78, 5) is 36.6. The molecule has 0 aromatic rings. The summed E-state index contributed by atoms with van der Waals surface area (Å²) in [5.74, 6) is -1.54. The Labute approximate surface area is 98.8 Å². The van der Waals surface area contributed by atoms with Gasteiger partial charge in [-0.15, -0.1) is 0 Å². The number of fused-ring (bicyclic) bond motifs is 2. The first kappa shape index (κ1) is 11.9. The minimum Gasteiger partial charge on any atom is -0.468 e. The summed E-state index contributed by atoms with van der Waals surface area (Å²) >= 11 is 0. The predicted octanol–water partition coefficient (Wildman–Crippen LogP) is 0.348. The molecule has 2 aliphatic heterocycles. The largest absolute Gasteiger partial charge is 0.468 e. The molecule has 0 N–H and O–H groups in total. The molecule has 2 aliphatic rings. The fourth-order valence-electron chi connectivity index (χ4n) is 2.82. The molecule has 0 aromatic heterocycles. The summed E-state index contributed by atoms with van der Waals surface area (Å²) in [6.07, 6.45) is 1.12. The van der Waals surface area contributed by atoms with Crippen molar-refractivity contribution in [3.05, 3.63) is 0 Å². The van der Waals surface area contributed by atoms with Crippen molar-refractivity contribution in [3.8, 4) is 0 Å². The number of methoxy groups -OCH3 is 2. The van der Waals surface area contributed by atoms with E-state index in [0.29, 0.717) is 6.42 Å². The lowest BCUT2D eigenvalue weighted by molar-refractivity contribution is -0.153. The summed E-state index contributed by atoms with van der Waals surface area (Å²) < 4.78 is 9.32. The van der Waals surface area contributed by atoms with Crippen molar-refractivity contribution in [1.29, 1.82) is 0 Å². The zero-order chi connectivity index (χ0) is 12.6. The molecule has 94 valence electrons. The molecule has 0 saturated carbocycles. The number of piperidine rings is 1. The Kier molecular flexibility index (Phi) is 3.04. The van der Waals surface area contributed by atoms with Gasteiger partial charge in [0.25, 0.3) is 0 Å². The third-order valence-electron chi connectivity index (χ3n) is 3.56. The van der Waals surface area contributed by atoms with Crippen molar-refractivity contribution in [2.75, 3.05) is 14.2 Å². The lowest BCUT2D eigenvalue weighted by Gasteiger charge is -2.36. The molecule has 2 fully saturated rings. The maximum absolute atomic E-state index is 11.8. The van der Waals surface area contributed by atoms with Gasteiger partial charge in [0.2, 0.25) is 0 Å². The zero-order valence-corrected chi connectivity index (χ0v) is 9.84. The van der Waals surface area contributed by atoms with Crippen LogP contribution in [0.5, 0.6) is 0 Å². The first-order chi connectivity index (χ1) is 8.10. The molecule has 2 rings (SSSR count). The molecule has 0 aliphatic carbocycles. The fraction of sp³-hybridized carbons (Fsp3) is 0.727. The van der Waals surface area contributed by atoms with Crippen molar-refractivity contribution in [2.24, 2.45) is 5.92 Å². The quantitative estimate of drug-likeness (QED) is 0.489. The van der Waals surface area contributed by atoms with E-state index in [-0.39, 0.29) is 18.2 Å². The minimum absolute atomic E-state index is 0.124. The molecule has 6 heteroatoms. The lowest BCUT2D eigenvalue weighted by Crippen LogP contribution is -2.54. The van der Waals surface area contributed by atoms with E-state index in [1.165, 1.54) is 19.1 Å². The second-order valence-electron chi connectivity index (χ2n) is 4.35. The van der Waals surface area contributed by atoms with Gasteiger partial charge in [0.1, 0.15) is 5.92 Å². The van der Waals surface area contributed by atoms with E-state index < -0.39 is 24.0 Å². The molecular weight excluding hydrogens is 226 g/mol. The van der Waals surface area contributed by atoms with Crippen LogP contribution in [0.1, 0.15) is 19.3 Å². The van der Waals surface area contributed by atoms with Gasteiger partial charge in [-0.2, -0.15) is 0 Å². The van der Waals surface area contributed by atoms with Crippen LogP contribution in [-0.2, 0) is 19.1 Å². The van der Waals surface area contributed by atoms with Gasteiger partial charge in [0.05, 0.1) is 20.3 Å². The standard InChI is InChI=1S/C11H15NO5/c1-16-10(14)9-7-4-3-6(5-8(9)13)12(7)11(15)17-2/h6-7,9H,3-5H2,1-2H3/t6-,7+,9?/m0/s1. The van der Waals surface area contributed by atoms with Crippen molar-refractivity contribution >= 4 is 17.8 Å². The summed E-state index contributed by atoms with van der Waals surface area (Å²) in [5, 5.41) is 0. The molecular formula is C11H15NO5. The number of esters is 1. The van der Waals surface area contributed by atoms with Gasteiger partial charge in [-0.25, -0.2) is 4.79 Å². The molecule has 0 radical (unpaired) electrons. The van der Waals surface area contributed by atoms with Crippen LogP contribution in [0.15, 0.2) is 0 Å². The first-order valence-electron chi connectivity index (χ1n) is 5.57. The summed E-state index contributed by atoms with van der Waals surface area (Å²) in [5.41, 5.74) is 0. The van der Waals surface area contributed by atoms with Crippen LogP contribution in [0.4, 0.5) is 4.79 Å². The molecule has 2 bridgehead atoms. The summed E-state index contributed by atoms with van der Waals surface area (Å²) in [7, 11) is 2.55. The number of ether oxygens (including phenoxy) is 2. The fourth-order valence-corrected chi connectivity index (χ4v) is 2.82. The Balaban J connectivity index is 2.27. The van der Waals surface area contributed by atoms with E-state index >= 15 is 0 Å². The smallest absolute Gasteiger partial charge is 0.410 e. The number of nitrogens with zero attached hydrogens (tertiary/aromatic N) is 1. The topological polar surface area (TPSA) is 72.9 Å². The number of amides is 1. The average Bonchev–Trinajstić information content (AvgIpc) is 2.64. The van der Waals surface area contributed by atoms with Gasteiger partial charge in [-0.3, -0.25) is 9.59 Å². The highest BCUT2D eigenvalue weighted by molar-refractivity contribution is 6.01. The Bertz CT molecular complexity index is 367. The highest BCUT2D eigenvalue weighted by Crippen LogP contribution is 2.38. The number of rotatable bonds is 1. The Morgan fingerprint density at radius 1 is 1.24 bits per heavy atom. The summed E-state index contributed by atoms with van der Waals surface area (Å²) in [6, 6.07) is -0.526. The molecule has 2 saturated heterocycles. The molecule has 3 atom stereocenters. The van der Waals surface area contributed by atoms with Gasteiger partial charge in [0.15, 0.2) is 5.78 Å². The van der Waals surface area contributed by atoms with Crippen molar-refractivity contribution in [2.45, 2.75) is 31.3 Å². The van der Waals surface area contributed by atoms with E-state index in [1.807, 2.05) is 0 Å². The molecule has 0 aromatic carbocycles. The zero-order valence-electron chi connectivity index (χ0n) is 9.84. The van der Waals surface area contributed by atoms with Crippen molar-refractivity contribution < 1.29 is 23.9 Å². The SMILES string of the molecule is COC(=O)C1C(=O)C[C@@H]2CC[C@H]1N2C(=O)OC. The van der Waals surface area contributed by atoms with Crippen LogP contribution < -0.4 is 0 Å². The minimum atomic E-state index is -0.849. The third kappa shape index (κ3) is 1.77. The van der Waals surface area contributed by atoms with Gasteiger partial charge in [0, 0.05) is 12.5 Å². The highest BCUT2D eigenvalue weighted by atomic mass is 16.5. The van der Waals surface area contributed by atoms with Gasteiger partial charge >= 0.3 is 12.1 Å². The van der Waals surface area contributed by atoms with Crippen LogP contribution in [-0.4, -0.2) is 49.0 Å². The first-order valence-corrected chi connectivity index (χ1v) is 5.57. The lowest BCUT2D eigenvalue weighted by atomic mass is 9.89. The predicted molar refractivity (Wildman–Crippen MR) is 56.2 cm³/mol. The molecule has 17 heavy (non-hydrogen) atoms. The van der Waals surface area contributed by atoms with Crippen molar-refractivity contribution in [1.82, 2.24) is 4.90 Å². The molecule has 1 unspecified atom stereocenters. The van der Waals surface area contributed by atoms with Crippen LogP contribution >= 0.6 is 0 Å². The van der Waals surface area contributed by atoms with Gasteiger partial charge in [-0.05, 0) is 12.8 Å². The number of hydrogen-bond acceptors (Lipinski definition) is 5. The molecule has 6 nitrogen and oxygen atoms in total. The average molecular weight is 241 g/mol. The molecule has 2 heterocycles. The Morgan fingerprint density at radius 2 is 1.94 bits per heavy atom. The second kappa shape index (κ2) is 4.35. The maximum Gasteiger partial charge on any atom is 0.410 e. The number of hydrogen-bond donors (Lipinski definition) is 0. The number of carbonyl (C=O) groups excluding carboxylic acids is 3. The number of Topliss-reactive ketones (excluding diaryl/α,β-unsaturated/α-hetero) is 1. The van der Waals surface area contributed by atoms with Gasteiger partial charge in [-0.1, -0.05) is 0 Å². The van der Waals surface area contributed by atoms with E-state index in [2.05, 4.69) is 4.74 Å². The van der Waals surface area contributed by atoms with E-state index in [0.717, 1.165) is 6.42 Å². The monoisotopic (exact) mass is 241 g/mol. The normalized spacial score (nSPS) is 31.3. The number of ketones is 1. The van der Waals surface area contributed by atoms with E-state index in [4.69, 9.17) is 4.74 Å². The van der Waals surface area contributed by atoms with Gasteiger partial charge < -0.3 is 14.4 Å². The second-order valence-corrected chi connectivity index (χ2v) is 4.35. The van der Waals surface area contributed by atoms with Crippen LogP contribution in [0.25, 0.3) is 0 Å². The summed E-state index contributed by atoms with van der Waals surface area (Å²) in [6.45, 7) is 0. The van der Waals surface area contributed by atoms with Crippen LogP contribution in [0.3, 0.4) is 0 Å².